The van der Waals surface area contributed by atoms with Gasteiger partial charge < -0.3 is 20.3 Å². The van der Waals surface area contributed by atoms with Crippen molar-refractivity contribution in [2.75, 3.05) is 33.1 Å². The summed E-state index contributed by atoms with van der Waals surface area (Å²) < 4.78 is 5.17. The molecule has 0 saturated carbocycles. The van der Waals surface area contributed by atoms with E-state index in [1.165, 1.54) is 0 Å². The van der Waals surface area contributed by atoms with Crippen LogP contribution in [0.5, 0.6) is 5.75 Å². The number of aliphatic imine (C=N–C) groups is 1. The Hall–Kier alpha value is -3.09. The van der Waals surface area contributed by atoms with Crippen molar-refractivity contribution in [3.63, 3.8) is 0 Å². The van der Waals surface area contributed by atoms with Crippen LogP contribution >= 0.6 is 0 Å². The number of methoxy groups -OCH3 is 1. The summed E-state index contributed by atoms with van der Waals surface area (Å²) in [6, 6.07) is 11.6. The van der Waals surface area contributed by atoms with Crippen LogP contribution in [0, 0.1) is 6.92 Å². The van der Waals surface area contributed by atoms with Crippen LogP contribution in [0.15, 0.2) is 47.6 Å². The average Bonchev–Trinajstić information content (AvgIpc) is 2.67. The predicted molar refractivity (Wildman–Crippen MR) is 108 cm³/mol. The number of nitrogens with zero attached hydrogens (tertiary/aromatic N) is 3. The number of nitrogens with one attached hydrogen (secondary N) is 2. The number of rotatable bonds is 7. The fourth-order valence-corrected chi connectivity index (χ4v) is 2.50. The summed E-state index contributed by atoms with van der Waals surface area (Å²) in [4.78, 5) is 22.5. The van der Waals surface area contributed by atoms with Gasteiger partial charge in [0.2, 0.25) is 5.91 Å². The first-order chi connectivity index (χ1) is 13.0. The number of hydrogen-bond donors (Lipinski definition) is 2. The summed E-state index contributed by atoms with van der Waals surface area (Å²) in [5, 5.41) is 5.99. The van der Waals surface area contributed by atoms with Gasteiger partial charge >= 0.3 is 0 Å². The molecule has 0 aliphatic carbocycles. The van der Waals surface area contributed by atoms with E-state index < -0.39 is 0 Å². The summed E-state index contributed by atoms with van der Waals surface area (Å²) in [7, 11) is 5.33. The molecule has 2 aromatic rings. The molecule has 0 fully saturated rings. The number of pyridine rings is 1. The van der Waals surface area contributed by atoms with Gasteiger partial charge in [-0.25, -0.2) is 4.98 Å². The molecule has 1 aromatic carbocycles. The fourth-order valence-electron chi connectivity index (χ4n) is 2.50. The Morgan fingerprint density at radius 3 is 2.56 bits per heavy atom. The lowest BCUT2D eigenvalue weighted by Gasteiger charge is -2.22. The summed E-state index contributed by atoms with van der Waals surface area (Å²) in [5.41, 5.74) is 2.20. The highest BCUT2D eigenvalue weighted by molar-refractivity contribution is 5.90. The Kier molecular flexibility index (Phi) is 7.61. The van der Waals surface area contributed by atoms with Crippen LogP contribution in [-0.4, -0.2) is 49.5 Å². The highest BCUT2D eigenvalue weighted by Gasteiger charge is 2.08. The number of anilines is 1. The van der Waals surface area contributed by atoms with Gasteiger partial charge in [0.25, 0.3) is 0 Å². The van der Waals surface area contributed by atoms with E-state index in [1.54, 1.807) is 26.4 Å². The summed E-state index contributed by atoms with van der Waals surface area (Å²) in [6.45, 7) is 3.14. The number of benzene rings is 1. The third kappa shape index (κ3) is 6.62. The van der Waals surface area contributed by atoms with Gasteiger partial charge in [-0.05, 0) is 36.2 Å². The van der Waals surface area contributed by atoms with Gasteiger partial charge in [0.15, 0.2) is 5.96 Å². The molecule has 0 aliphatic heterocycles. The first-order valence-electron chi connectivity index (χ1n) is 8.79. The van der Waals surface area contributed by atoms with Gasteiger partial charge in [0.05, 0.1) is 7.11 Å². The largest absolute Gasteiger partial charge is 0.497 e. The standard InChI is InChI=1S/C20H27N5O2/c1-15-5-10-18(23-13-15)24-19(26)11-12-22-20(21-2)25(3)14-16-6-8-17(27-4)9-7-16/h5-10,13H,11-12,14H2,1-4H3,(H,21,22)(H,23,24,26). The third-order valence-electron chi connectivity index (χ3n) is 3.97. The van der Waals surface area contributed by atoms with Crippen LogP contribution < -0.4 is 15.4 Å². The zero-order valence-electron chi connectivity index (χ0n) is 16.3. The van der Waals surface area contributed by atoms with Gasteiger partial charge in [0, 0.05) is 39.8 Å². The van der Waals surface area contributed by atoms with Crippen LogP contribution in [0.1, 0.15) is 17.5 Å². The first-order valence-corrected chi connectivity index (χ1v) is 8.79. The molecule has 7 heteroatoms. The quantitative estimate of drug-likeness (QED) is 0.579. The summed E-state index contributed by atoms with van der Waals surface area (Å²) >= 11 is 0. The number of guanidine groups is 1. The molecule has 2 rings (SSSR count). The Morgan fingerprint density at radius 1 is 1.22 bits per heavy atom. The Bertz CT molecular complexity index is 757. The lowest BCUT2D eigenvalue weighted by Crippen LogP contribution is -2.39. The molecule has 27 heavy (non-hydrogen) atoms. The van der Waals surface area contributed by atoms with E-state index >= 15 is 0 Å². The molecule has 144 valence electrons. The normalized spacial score (nSPS) is 11.0. The van der Waals surface area contributed by atoms with E-state index in [2.05, 4.69) is 20.6 Å². The van der Waals surface area contributed by atoms with Crippen molar-refractivity contribution in [1.82, 2.24) is 15.2 Å². The highest BCUT2D eigenvalue weighted by atomic mass is 16.5. The molecular weight excluding hydrogens is 342 g/mol. The smallest absolute Gasteiger partial charge is 0.227 e. The lowest BCUT2D eigenvalue weighted by atomic mass is 10.2. The maximum Gasteiger partial charge on any atom is 0.227 e. The molecule has 2 N–H and O–H groups in total. The molecular formula is C20H27N5O2. The second-order valence-corrected chi connectivity index (χ2v) is 6.20. The van der Waals surface area contributed by atoms with E-state index in [9.17, 15) is 4.79 Å². The molecule has 1 amide bonds. The van der Waals surface area contributed by atoms with Gasteiger partial charge in [-0.15, -0.1) is 0 Å². The highest BCUT2D eigenvalue weighted by Crippen LogP contribution is 2.12. The van der Waals surface area contributed by atoms with Crippen molar-refractivity contribution in [1.29, 1.82) is 0 Å². The number of aromatic nitrogens is 1. The number of hydrogen-bond acceptors (Lipinski definition) is 4. The van der Waals surface area contributed by atoms with E-state index in [-0.39, 0.29) is 5.91 Å². The van der Waals surface area contributed by atoms with E-state index in [1.807, 2.05) is 49.2 Å². The van der Waals surface area contributed by atoms with Crippen LogP contribution in [-0.2, 0) is 11.3 Å². The number of aryl methyl sites for hydroxylation is 1. The Labute approximate surface area is 160 Å². The second-order valence-electron chi connectivity index (χ2n) is 6.20. The fraction of sp³-hybridized carbons (Fsp3) is 0.350. The summed E-state index contributed by atoms with van der Waals surface area (Å²) in [5.74, 6) is 2.03. The van der Waals surface area contributed by atoms with Crippen molar-refractivity contribution in [3.05, 3.63) is 53.7 Å². The minimum absolute atomic E-state index is 0.0906. The number of amides is 1. The van der Waals surface area contributed by atoms with Gasteiger partial charge in [-0.2, -0.15) is 0 Å². The zero-order chi connectivity index (χ0) is 19.6. The van der Waals surface area contributed by atoms with E-state index in [0.717, 1.165) is 22.8 Å². The van der Waals surface area contributed by atoms with Crippen molar-refractivity contribution >= 4 is 17.7 Å². The van der Waals surface area contributed by atoms with Crippen LogP contribution in [0.2, 0.25) is 0 Å². The molecule has 1 aromatic heterocycles. The lowest BCUT2D eigenvalue weighted by molar-refractivity contribution is -0.116. The molecule has 0 atom stereocenters. The minimum atomic E-state index is -0.0906. The van der Waals surface area contributed by atoms with Gasteiger partial charge in [-0.3, -0.25) is 9.79 Å². The SMILES string of the molecule is CN=C(NCCC(=O)Nc1ccc(C)cn1)N(C)Cc1ccc(OC)cc1. The average molecular weight is 369 g/mol. The van der Waals surface area contributed by atoms with Crippen molar-refractivity contribution in [2.24, 2.45) is 4.99 Å². The zero-order valence-corrected chi connectivity index (χ0v) is 16.3. The number of carbonyl (C=O) groups excluding carboxylic acids is 1. The molecule has 1 heterocycles. The molecule has 0 aliphatic rings. The minimum Gasteiger partial charge on any atom is -0.497 e. The van der Waals surface area contributed by atoms with Crippen LogP contribution in [0.4, 0.5) is 5.82 Å². The van der Waals surface area contributed by atoms with Crippen molar-refractivity contribution < 1.29 is 9.53 Å². The van der Waals surface area contributed by atoms with Crippen LogP contribution in [0.25, 0.3) is 0 Å². The molecule has 0 unspecified atom stereocenters. The monoisotopic (exact) mass is 369 g/mol. The maximum atomic E-state index is 12.0. The molecule has 0 radical (unpaired) electrons. The maximum absolute atomic E-state index is 12.0. The molecule has 0 bridgehead atoms. The van der Waals surface area contributed by atoms with Crippen molar-refractivity contribution in [2.45, 2.75) is 19.9 Å². The number of ether oxygens (including phenoxy) is 1. The Morgan fingerprint density at radius 2 is 1.96 bits per heavy atom. The van der Waals surface area contributed by atoms with Crippen LogP contribution in [0.3, 0.4) is 0 Å². The van der Waals surface area contributed by atoms with Crippen molar-refractivity contribution in [3.8, 4) is 5.75 Å². The molecule has 0 spiro atoms. The number of carbonyl (C=O) groups is 1. The molecule has 0 saturated heterocycles. The topological polar surface area (TPSA) is 78.8 Å². The predicted octanol–water partition coefficient (Wildman–Crippen LogP) is 2.43. The summed E-state index contributed by atoms with van der Waals surface area (Å²) in [6.07, 6.45) is 2.05. The van der Waals surface area contributed by atoms with E-state index in [0.29, 0.717) is 25.3 Å². The Balaban J connectivity index is 1.78. The first kappa shape index (κ1) is 20.2. The van der Waals surface area contributed by atoms with E-state index in [4.69, 9.17) is 4.74 Å². The van der Waals surface area contributed by atoms with Gasteiger partial charge in [-0.1, -0.05) is 18.2 Å². The molecule has 7 nitrogen and oxygen atoms in total. The third-order valence-corrected chi connectivity index (χ3v) is 3.97. The van der Waals surface area contributed by atoms with Gasteiger partial charge in [0.1, 0.15) is 11.6 Å². The second kappa shape index (κ2) is 10.2.